The van der Waals surface area contributed by atoms with E-state index in [-0.39, 0.29) is 10.9 Å². The van der Waals surface area contributed by atoms with Crippen molar-refractivity contribution in [3.05, 3.63) is 129 Å². The quantitative estimate of drug-likeness (QED) is 0.218. The third-order valence-electron chi connectivity index (χ3n) is 7.22. The van der Waals surface area contributed by atoms with Gasteiger partial charge in [-0.2, -0.15) is 8.42 Å². The van der Waals surface area contributed by atoms with Crippen molar-refractivity contribution in [2.24, 2.45) is 0 Å². The first-order valence-electron chi connectivity index (χ1n) is 13.0. The average Bonchev–Trinajstić information content (AvgIpc) is 2.95. The van der Waals surface area contributed by atoms with E-state index in [0.29, 0.717) is 22.0 Å². The Hall–Kier alpha value is -2.87. The summed E-state index contributed by atoms with van der Waals surface area (Å²) in [5.41, 5.74) is 6.19. The summed E-state index contributed by atoms with van der Waals surface area (Å²) in [5, 5.41) is 5.06. The Balaban J connectivity index is 0.000000283. The summed E-state index contributed by atoms with van der Waals surface area (Å²) < 4.78 is 34.8. The predicted octanol–water partition coefficient (Wildman–Crippen LogP) is 8.56. The molecule has 0 saturated carbocycles. The second kappa shape index (κ2) is 13.2. The average molecular weight is 599 g/mol. The van der Waals surface area contributed by atoms with Gasteiger partial charge < -0.3 is 10.1 Å². The lowest BCUT2D eigenvalue weighted by Gasteiger charge is -2.34. The van der Waals surface area contributed by atoms with E-state index in [9.17, 15) is 8.42 Å². The molecule has 0 fully saturated rings. The molecular formula is C32H33Cl2NO4S. The zero-order valence-electron chi connectivity index (χ0n) is 22.6. The summed E-state index contributed by atoms with van der Waals surface area (Å²) in [6, 6.07) is 29.6. The second-order valence-corrected chi connectivity index (χ2v) is 12.2. The summed E-state index contributed by atoms with van der Waals surface area (Å²) >= 11 is 12.4. The van der Waals surface area contributed by atoms with Gasteiger partial charge in [-0.05, 0) is 85.3 Å². The standard InChI is InChI=1S/C25H25Cl2NO.C7H8O3S/c1-16(17-7-10-19(29-2)11-8-17)28-25-14-12-20(21-5-3-4-6-22(21)25)18-9-13-23(26)24(27)15-18;1-6-2-4-7(5-3-6)11(8,9)10/h3-11,13,15-16,20,25,28H,12,14H2,1-2H3;2-5H,1H3,(H,8,9,10)/t16-,20?,25?;/m0./s1. The first kappa shape index (κ1) is 30.1. The van der Waals surface area contributed by atoms with Crippen LogP contribution in [0.25, 0.3) is 0 Å². The number of hydrogen-bond acceptors (Lipinski definition) is 4. The van der Waals surface area contributed by atoms with Crippen LogP contribution in [-0.2, 0) is 10.1 Å². The van der Waals surface area contributed by atoms with Gasteiger partial charge >= 0.3 is 0 Å². The van der Waals surface area contributed by atoms with E-state index < -0.39 is 10.1 Å². The van der Waals surface area contributed by atoms with Crippen LogP contribution in [0.4, 0.5) is 0 Å². The number of ether oxygens (including phenoxy) is 1. The van der Waals surface area contributed by atoms with Crippen LogP contribution in [0.5, 0.6) is 5.75 Å². The molecule has 210 valence electrons. The van der Waals surface area contributed by atoms with E-state index in [2.05, 4.69) is 54.7 Å². The summed E-state index contributed by atoms with van der Waals surface area (Å²) in [7, 11) is -2.33. The monoisotopic (exact) mass is 597 g/mol. The normalized spacial score (nSPS) is 17.2. The van der Waals surface area contributed by atoms with Gasteiger partial charge in [-0.15, -0.1) is 0 Å². The fourth-order valence-corrected chi connectivity index (χ4v) is 5.83. The molecule has 0 aromatic heterocycles. The van der Waals surface area contributed by atoms with Gasteiger partial charge in [0.05, 0.1) is 22.1 Å². The lowest BCUT2D eigenvalue weighted by atomic mass is 9.76. The molecule has 8 heteroatoms. The predicted molar refractivity (Wildman–Crippen MR) is 162 cm³/mol. The molecule has 1 aliphatic rings. The smallest absolute Gasteiger partial charge is 0.294 e. The maximum Gasteiger partial charge on any atom is 0.294 e. The van der Waals surface area contributed by atoms with Crippen LogP contribution in [-0.4, -0.2) is 20.1 Å². The Kier molecular flexibility index (Phi) is 9.93. The molecule has 5 nitrogen and oxygen atoms in total. The van der Waals surface area contributed by atoms with Crippen molar-refractivity contribution >= 4 is 33.3 Å². The molecular weight excluding hydrogens is 565 g/mol. The number of benzene rings is 4. The van der Waals surface area contributed by atoms with Crippen molar-refractivity contribution in [1.82, 2.24) is 5.32 Å². The number of nitrogens with one attached hydrogen (secondary N) is 1. The minimum atomic E-state index is -4.02. The first-order chi connectivity index (χ1) is 19.1. The number of methoxy groups -OCH3 is 1. The molecule has 3 atom stereocenters. The Morgan fingerprint density at radius 3 is 2.12 bits per heavy atom. The number of rotatable bonds is 6. The molecule has 40 heavy (non-hydrogen) atoms. The van der Waals surface area contributed by atoms with Crippen LogP contribution in [0.2, 0.25) is 10.0 Å². The highest BCUT2D eigenvalue weighted by Crippen LogP contribution is 2.43. The highest BCUT2D eigenvalue weighted by molar-refractivity contribution is 7.85. The van der Waals surface area contributed by atoms with E-state index in [1.807, 2.05) is 31.2 Å². The van der Waals surface area contributed by atoms with E-state index in [0.717, 1.165) is 24.2 Å². The van der Waals surface area contributed by atoms with Gasteiger partial charge in [-0.1, -0.05) is 83.4 Å². The summed E-state index contributed by atoms with van der Waals surface area (Å²) in [5.74, 6) is 1.23. The lowest BCUT2D eigenvalue weighted by Crippen LogP contribution is -2.29. The van der Waals surface area contributed by atoms with Crippen LogP contribution >= 0.6 is 23.2 Å². The van der Waals surface area contributed by atoms with Crippen LogP contribution in [0.1, 0.15) is 65.6 Å². The molecule has 0 amide bonds. The summed E-state index contributed by atoms with van der Waals surface area (Å²) in [6.07, 6.45) is 2.14. The molecule has 0 aliphatic heterocycles. The Morgan fingerprint density at radius 1 is 0.875 bits per heavy atom. The largest absolute Gasteiger partial charge is 0.497 e. The molecule has 0 radical (unpaired) electrons. The first-order valence-corrected chi connectivity index (χ1v) is 15.2. The number of aryl methyl sites for hydroxylation is 1. The van der Waals surface area contributed by atoms with Crippen molar-refractivity contribution < 1.29 is 17.7 Å². The van der Waals surface area contributed by atoms with Crippen molar-refractivity contribution in [2.75, 3.05) is 7.11 Å². The van der Waals surface area contributed by atoms with Crippen LogP contribution in [0, 0.1) is 6.92 Å². The van der Waals surface area contributed by atoms with Crippen LogP contribution in [0.15, 0.2) is 95.9 Å². The molecule has 0 spiro atoms. The minimum absolute atomic E-state index is 0.0666. The van der Waals surface area contributed by atoms with Gasteiger partial charge in [-0.3, -0.25) is 4.55 Å². The third-order valence-corrected chi connectivity index (χ3v) is 8.83. The third kappa shape index (κ3) is 7.45. The number of fused-ring (bicyclic) bond motifs is 1. The molecule has 2 N–H and O–H groups in total. The molecule has 2 unspecified atom stereocenters. The lowest BCUT2D eigenvalue weighted by molar-refractivity contribution is 0.400. The summed E-state index contributed by atoms with van der Waals surface area (Å²) in [4.78, 5) is -0.0666. The molecule has 5 rings (SSSR count). The maximum atomic E-state index is 10.5. The van der Waals surface area contributed by atoms with Crippen LogP contribution in [0.3, 0.4) is 0 Å². The zero-order valence-corrected chi connectivity index (χ0v) is 25.0. The topological polar surface area (TPSA) is 75.6 Å². The van der Waals surface area contributed by atoms with Gasteiger partial charge in [0.15, 0.2) is 0 Å². The highest BCUT2D eigenvalue weighted by atomic mass is 35.5. The molecule has 4 aromatic rings. The van der Waals surface area contributed by atoms with Crippen molar-refractivity contribution in [2.45, 2.75) is 49.6 Å². The van der Waals surface area contributed by atoms with Gasteiger partial charge in [0.25, 0.3) is 10.1 Å². The zero-order chi connectivity index (χ0) is 28.9. The molecule has 0 saturated heterocycles. The fraction of sp³-hybridized carbons (Fsp3) is 0.250. The highest BCUT2D eigenvalue weighted by Gasteiger charge is 2.29. The van der Waals surface area contributed by atoms with Crippen LogP contribution < -0.4 is 10.1 Å². The molecule has 0 bridgehead atoms. The maximum absolute atomic E-state index is 10.5. The van der Waals surface area contributed by atoms with Crippen molar-refractivity contribution in [1.29, 1.82) is 0 Å². The number of hydrogen-bond donors (Lipinski definition) is 2. The van der Waals surface area contributed by atoms with Crippen molar-refractivity contribution in [3.8, 4) is 5.75 Å². The van der Waals surface area contributed by atoms with E-state index in [4.69, 9.17) is 32.5 Å². The van der Waals surface area contributed by atoms with E-state index in [1.165, 1.54) is 34.4 Å². The number of halogens is 2. The van der Waals surface area contributed by atoms with Crippen molar-refractivity contribution in [3.63, 3.8) is 0 Å². The van der Waals surface area contributed by atoms with E-state index in [1.54, 1.807) is 19.2 Å². The molecule has 0 heterocycles. The molecule has 1 aliphatic carbocycles. The van der Waals surface area contributed by atoms with Gasteiger partial charge in [0.2, 0.25) is 0 Å². The fourth-order valence-electron chi connectivity index (χ4n) is 5.04. The Morgan fingerprint density at radius 2 is 1.52 bits per heavy atom. The Labute approximate surface area is 246 Å². The Bertz CT molecular complexity index is 1540. The minimum Gasteiger partial charge on any atom is -0.497 e. The van der Waals surface area contributed by atoms with Gasteiger partial charge in [0, 0.05) is 18.0 Å². The summed E-state index contributed by atoms with van der Waals surface area (Å²) in [6.45, 7) is 4.06. The molecule has 4 aromatic carbocycles. The van der Waals surface area contributed by atoms with Gasteiger partial charge in [0.1, 0.15) is 5.75 Å². The SMILES string of the molecule is COc1ccc([C@H](C)NC2CCC(c3ccc(Cl)c(Cl)c3)c3ccccc32)cc1.Cc1ccc(S(=O)(=O)O)cc1. The van der Waals surface area contributed by atoms with E-state index >= 15 is 0 Å². The second-order valence-electron chi connectivity index (χ2n) is 9.93. The van der Waals surface area contributed by atoms with Gasteiger partial charge in [-0.25, -0.2) is 0 Å².